The van der Waals surface area contributed by atoms with Crippen molar-refractivity contribution in [2.24, 2.45) is 4.99 Å². The van der Waals surface area contributed by atoms with Gasteiger partial charge in [-0.1, -0.05) is 37.5 Å². The van der Waals surface area contributed by atoms with Crippen molar-refractivity contribution in [2.75, 3.05) is 20.6 Å². The van der Waals surface area contributed by atoms with Crippen molar-refractivity contribution < 1.29 is 4.79 Å². The van der Waals surface area contributed by atoms with Crippen molar-refractivity contribution in [1.29, 1.82) is 0 Å². The van der Waals surface area contributed by atoms with Gasteiger partial charge in [-0.15, -0.1) is 12.6 Å². The molecular weight excluding hydrogens is 282 g/mol. The van der Waals surface area contributed by atoms with Crippen LogP contribution >= 0.6 is 12.6 Å². The highest BCUT2D eigenvalue weighted by atomic mass is 32.1. The molecular formula is C16H21N3OS. The van der Waals surface area contributed by atoms with Crippen LogP contribution < -0.4 is 0 Å². The quantitative estimate of drug-likeness (QED) is 0.473. The van der Waals surface area contributed by atoms with E-state index in [0.717, 1.165) is 11.1 Å². The van der Waals surface area contributed by atoms with Crippen molar-refractivity contribution in [2.45, 2.75) is 6.04 Å². The van der Waals surface area contributed by atoms with Gasteiger partial charge in [-0.2, -0.15) is 0 Å². The Morgan fingerprint density at radius 3 is 2.62 bits per heavy atom. The molecule has 0 aromatic carbocycles. The third kappa shape index (κ3) is 3.76. The van der Waals surface area contributed by atoms with E-state index in [2.05, 4.69) is 37.5 Å². The van der Waals surface area contributed by atoms with Crippen molar-refractivity contribution in [1.82, 2.24) is 9.80 Å². The number of aliphatic imine (C=N–C) groups is 1. The molecule has 0 saturated carbocycles. The van der Waals surface area contributed by atoms with Crippen LogP contribution in [0.1, 0.15) is 0 Å². The Balaban J connectivity index is 3.25. The largest absolute Gasteiger partial charge is 0.331 e. The van der Waals surface area contributed by atoms with E-state index >= 15 is 0 Å². The lowest BCUT2D eigenvalue weighted by Gasteiger charge is -2.28. The molecule has 1 heterocycles. The van der Waals surface area contributed by atoms with Gasteiger partial charge in [0.15, 0.2) is 0 Å². The summed E-state index contributed by atoms with van der Waals surface area (Å²) in [6.07, 6.45) is 7.24. The van der Waals surface area contributed by atoms with Gasteiger partial charge >= 0.3 is 6.03 Å². The van der Waals surface area contributed by atoms with Crippen molar-refractivity contribution in [3.63, 3.8) is 0 Å². The molecule has 0 saturated heterocycles. The smallest absolute Gasteiger partial charge is 0.320 e. The molecule has 0 spiro atoms. The van der Waals surface area contributed by atoms with Gasteiger partial charge in [0.2, 0.25) is 0 Å². The van der Waals surface area contributed by atoms with Crippen LogP contribution in [0.5, 0.6) is 0 Å². The van der Waals surface area contributed by atoms with Crippen molar-refractivity contribution in [3.8, 4) is 0 Å². The second-order valence-electron chi connectivity index (χ2n) is 4.72. The molecule has 0 fully saturated rings. The van der Waals surface area contributed by atoms with Gasteiger partial charge in [-0.05, 0) is 23.3 Å². The molecule has 0 bridgehead atoms. The summed E-state index contributed by atoms with van der Waals surface area (Å²) in [5.41, 5.74) is 2.48. The first-order valence-corrected chi connectivity index (χ1v) is 6.96. The van der Waals surface area contributed by atoms with E-state index in [1.54, 1.807) is 41.5 Å². The summed E-state index contributed by atoms with van der Waals surface area (Å²) in [5, 5.41) is 1.59. The van der Waals surface area contributed by atoms with Gasteiger partial charge in [0.1, 0.15) is 0 Å². The van der Waals surface area contributed by atoms with Gasteiger partial charge in [-0.25, -0.2) is 4.79 Å². The Morgan fingerprint density at radius 1 is 1.52 bits per heavy atom. The average molecular weight is 303 g/mol. The second kappa shape index (κ2) is 7.69. The second-order valence-corrected chi connectivity index (χ2v) is 4.98. The van der Waals surface area contributed by atoms with Gasteiger partial charge in [0, 0.05) is 14.1 Å². The molecule has 1 atom stereocenters. The molecule has 21 heavy (non-hydrogen) atoms. The van der Waals surface area contributed by atoms with E-state index in [0.29, 0.717) is 12.2 Å². The Hall–Kier alpha value is -2.01. The highest BCUT2D eigenvalue weighted by Crippen LogP contribution is 2.28. The number of rotatable bonds is 5. The summed E-state index contributed by atoms with van der Waals surface area (Å²) in [7, 11) is 3.45. The Morgan fingerprint density at radius 2 is 2.19 bits per heavy atom. The number of amides is 2. The molecule has 0 aliphatic carbocycles. The molecule has 1 rings (SSSR count). The predicted octanol–water partition coefficient (Wildman–Crippen LogP) is 3.05. The fraction of sp³-hybridized carbons (Fsp3) is 0.250. The van der Waals surface area contributed by atoms with Crippen LogP contribution in [0.2, 0.25) is 0 Å². The summed E-state index contributed by atoms with van der Waals surface area (Å²) in [4.78, 5) is 19.6. The van der Waals surface area contributed by atoms with Gasteiger partial charge in [-0.3, -0.25) is 4.99 Å². The molecule has 112 valence electrons. The number of carbonyl (C=O) groups excluding carboxylic acids is 1. The van der Waals surface area contributed by atoms with Crippen molar-refractivity contribution >= 4 is 25.4 Å². The Labute approximate surface area is 131 Å². The number of nitrogens with zero attached hydrogens (tertiary/aromatic N) is 3. The molecule has 5 heteroatoms. The fourth-order valence-corrected chi connectivity index (χ4v) is 2.40. The summed E-state index contributed by atoms with van der Waals surface area (Å²) in [6.45, 7) is 11.5. The third-order valence-electron chi connectivity index (χ3n) is 3.17. The van der Waals surface area contributed by atoms with E-state index in [1.807, 2.05) is 12.2 Å². The number of hydrogen-bond acceptors (Lipinski definition) is 3. The molecule has 0 aromatic rings. The van der Waals surface area contributed by atoms with E-state index in [1.165, 1.54) is 0 Å². The average Bonchev–Trinajstić information content (AvgIpc) is 2.89. The van der Waals surface area contributed by atoms with E-state index < -0.39 is 0 Å². The van der Waals surface area contributed by atoms with Crippen molar-refractivity contribution in [3.05, 3.63) is 59.7 Å². The SMILES string of the molecule is C=C/C=C(\C=C)[C@@H]1C=C(/C(=C/S)N=C)CN1C(=O)N(C)C. The lowest BCUT2D eigenvalue weighted by molar-refractivity contribution is 0.174. The molecule has 4 nitrogen and oxygen atoms in total. The molecule has 1 aliphatic rings. The highest BCUT2D eigenvalue weighted by Gasteiger charge is 2.32. The number of thiol groups is 1. The molecule has 2 amide bonds. The number of allylic oxidation sites excluding steroid dienone is 2. The van der Waals surface area contributed by atoms with Gasteiger partial charge in [0.05, 0.1) is 18.3 Å². The maximum absolute atomic E-state index is 12.4. The van der Waals surface area contributed by atoms with Crippen LogP contribution in [0, 0.1) is 0 Å². The summed E-state index contributed by atoms with van der Waals surface area (Å²) in [6, 6.07) is -0.277. The Kier molecular flexibility index (Phi) is 6.24. The number of carbonyl (C=O) groups is 1. The highest BCUT2D eigenvalue weighted by molar-refractivity contribution is 7.83. The standard InChI is InChI=1S/C16H21N3OS/c1-6-8-12(7-2)15-9-13(14(11-21)17-3)10-19(15)16(20)18(4)5/h6-9,11,15,21H,1-3,10H2,4-5H3/b12-8+,14-11-/t15-/m0/s1. The molecule has 0 N–H and O–H groups in total. The number of urea groups is 1. The Bertz CT molecular complexity index is 544. The predicted molar refractivity (Wildman–Crippen MR) is 92.8 cm³/mol. The molecule has 0 unspecified atom stereocenters. The molecule has 1 aliphatic heterocycles. The maximum Gasteiger partial charge on any atom is 0.320 e. The minimum atomic E-state index is -0.199. The maximum atomic E-state index is 12.4. The molecule has 0 radical (unpaired) electrons. The van der Waals surface area contributed by atoms with Crippen LogP contribution in [-0.2, 0) is 0 Å². The van der Waals surface area contributed by atoms with Gasteiger partial charge < -0.3 is 9.80 Å². The van der Waals surface area contributed by atoms with Crippen LogP contribution in [0.25, 0.3) is 0 Å². The van der Waals surface area contributed by atoms with Crippen LogP contribution in [0.15, 0.2) is 64.7 Å². The normalized spacial score (nSPS) is 19.1. The minimum Gasteiger partial charge on any atom is -0.331 e. The zero-order valence-corrected chi connectivity index (χ0v) is 13.4. The van der Waals surface area contributed by atoms with Gasteiger partial charge in [0.25, 0.3) is 0 Å². The molecule has 0 aromatic heterocycles. The summed E-state index contributed by atoms with van der Waals surface area (Å²) in [5.74, 6) is 0. The lowest BCUT2D eigenvalue weighted by Crippen LogP contribution is -2.43. The first-order chi connectivity index (χ1) is 9.99. The summed E-state index contributed by atoms with van der Waals surface area (Å²) < 4.78 is 0. The van der Waals surface area contributed by atoms with E-state index in [4.69, 9.17) is 0 Å². The van der Waals surface area contributed by atoms with E-state index in [9.17, 15) is 4.79 Å². The van der Waals surface area contributed by atoms with Crippen LogP contribution in [0.4, 0.5) is 4.79 Å². The first kappa shape index (κ1) is 17.0. The minimum absolute atomic E-state index is 0.0781. The fourth-order valence-electron chi connectivity index (χ4n) is 2.15. The van der Waals surface area contributed by atoms with Crippen LogP contribution in [-0.4, -0.2) is 49.2 Å². The summed E-state index contributed by atoms with van der Waals surface area (Å²) >= 11 is 4.14. The monoisotopic (exact) mass is 303 g/mol. The van der Waals surface area contributed by atoms with E-state index in [-0.39, 0.29) is 12.1 Å². The first-order valence-electron chi connectivity index (χ1n) is 6.45. The zero-order chi connectivity index (χ0) is 16.0. The van der Waals surface area contributed by atoms with Crippen LogP contribution in [0.3, 0.4) is 0 Å². The third-order valence-corrected chi connectivity index (χ3v) is 3.42. The lowest BCUT2D eigenvalue weighted by atomic mass is 10.1. The zero-order valence-electron chi connectivity index (χ0n) is 12.5. The number of hydrogen-bond donors (Lipinski definition) is 1. The topological polar surface area (TPSA) is 35.9 Å².